The first-order valence-corrected chi connectivity index (χ1v) is 16.4. The van der Waals surface area contributed by atoms with Crippen molar-refractivity contribution in [1.82, 2.24) is 9.80 Å². The molecule has 3 aromatic carbocycles. The molecule has 252 valence electrons. The minimum absolute atomic E-state index is 0.0145. The number of benzene rings is 3. The van der Waals surface area contributed by atoms with Gasteiger partial charge in [0.25, 0.3) is 5.91 Å². The van der Waals surface area contributed by atoms with Crippen LogP contribution >= 0.6 is 0 Å². The summed E-state index contributed by atoms with van der Waals surface area (Å²) in [5.74, 6) is -0.115. The van der Waals surface area contributed by atoms with Crippen molar-refractivity contribution in [2.24, 2.45) is 5.92 Å². The third-order valence-electron chi connectivity index (χ3n) is 8.42. The topological polar surface area (TPSA) is 120 Å². The van der Waals surface area contributed by atoms with Crippen LogP contribution in [0.2, 0.25) is 0 Å². The maximum Gasteiger partial charge on any atom is 0.323 e. The van der Waals surface area contributed by atoms with E-state index in [0.29, 0.717) is 36.7 Å². The van der Waals surface area contributed by atoms with Crippen LogP contribution in [0.4, 0.5) is 16.2 Å². The Labute approximate surface area is 278 Å². The van der Waals surface area contributed by atoms with Crippen LogP contribution in [-0.2, 0) is 16.0 Å². The lowest BCUT2D eigenvalue weighted by molar-refractivity contribution is -0.131. The van der Waals surface area contributed by atoms with Gasteiger partial charge in [-0.25, -0.2) is 4.79 Å². The van der Waals surface area contributed by atoms with E-state index < -0.39 is 12.1 Å². The van der Waals surface area contributed by atoms with Crippen molar-refractivity contribution in [1.29, 1.82) is 0 Å². The van der Waals surface area contributed by atoms with Crippen molar-refractivity contribution in [3.8, 4) is 5.75 Å². The number of nitrogens with one attached hydrogen (secondary N) is 2. The molecule has 1 aliphatic heterocycles. The number of nitrogens with zero attached hydrogens (tertiary/aromatic N) is 2. The van der Waals surface area contributed by atoms with Crippen molar-refractivity contribution in [2.75, 3.05) is 44.0 Å². The number of rotatable bonds is 8. The van der Waals surface area contributed by atoms with E-state index in [0.717, 1.165) is 24.8 Å². The van der Waals surface area contributed by atoms with Crippen LogP contribution < -0.4 is 15.4 Å². The average Bonchev–Trinajstić information content (AvgIpc) is 3.06. The maximum absolute atomic E-state index is 14.3. The number of aliphatic hydroxyl groups excluding tert-OH is 1. The molecule has 0 spiro atoms. The molecule has 1 aliphatic rings. The van der Waals surface area contributed by atoms with Gasteiger partial charge in [0, 0.05) is 44.0 Å². The summed E-state index contributed by atoms with van der Waals surface area (Å²) < 4.78 is 12.7. The van der Waals surface area contributed by atoms with Crippen molar-refractivity contribution in [3.05, 3.63) is 90.0 Å². The zero-order chi connectivity index (χ0) is 33.8. The molecule has 0 saturated carbocycles. The molecule has 4 atom stereocenters. The fraction of sp³-hybridized carbons (Fsp3) is 0.432. The minimum Gasteiger partial charge on any atom is -0.490 e. The second-order valence-electron chi connectivity index (χ2n) is 12.4. The molecule has 47 heavy (non-hydrogen) atoms. The Balaban J connectivity index is 1.58. The summed E-state index contributed by atoms with van der Waals surface area (Å²) in [7, 11) is 1.78. The molecule has 4 rings (SSSR count). The Morgan fingerprint density at radius 3 is 2.36 bits per heavy atom. The van der Waals surface area contributed by atoms with Crippen LogP contribution in [0.1, 0.15) is 56.0 Å². The second-order valence-corrected chi connectivity index (χ2v) is 12.4. The monoisotopic (exact) mass is 644 g/mol. The summed E-state index contributed by atoms with van der Waals surface area (Å²) in [6, 6.07) is 22.8. The van der Waals surface area contributed by atoms with Gasteiger partial charge in [-0.3, -0.25) is 9.59 Å². The van der Waals surface area contributed by atoms with Crippen LogP contribution in [0.25, 0.3) is 0 Å². The van der Waals surface area contributed by atoms with Crippen LogP contribution in [0, 0.1) is 5.92 Å². The van der Waals surface area contributed by atoms with E-state index >= 15 is 0 Å². The molecule has 1 heterocycles. The second kappa shape index (κ2) is 17.5. The standard InChI is InChI=1S/C37H48N4O6/c1-26-23-41(27(2)25-42)36(44)32-22-31(39-37(45)38-30-16-9-6-10-17-30)18-19-33(32)47-28(3)13-11-12-20-46-34(26)24-40(4)35(43)21-29-14-7-5-8-15-29/h5-10,14-19,22,26-28,34,42H,11-13,20-21,23-25H2,1-4H3,(H2,38,39,45)/t26-,27+,28-,34+/m1/s1. The van der Waals surface area contributed by atoms with E-state index in [4.69, 9.17) is 9.47 Å². The quantitative estimate of drug-likeness (QED) is 0.284. The fourth-order valence-electron chi connectivity index (χ4n) is 5.56. The Morgan fingerprint density at radius 1 is 0.979 bits per heavy atom. The lowest BCUT2D eigenvalue weighted by Crippen LogP contribution is -2.48. The molecule has 0 unspecified atom stereocenters. The highest BCUT2D eigenvalue weighted by molar-refractivity contribution is 6.02. The van der Waals surface area contributed by atoms with Crippen molar-refractivity contribution in [2.45, 2.75) is 64.7 Å². The third-order valence-corrected chi connectivity index (χ3v) is 8.42. The van der Waals surface area contributed by atoms with Gasteiger partial charge in [-0.1, -0.05) is 55.5 Å². The van der Waals surface area contributed by atoms with Gasteiger partial charge in [0.2, 0.25) is 5.91 Å². The highest BCUT2D eigenvalue weighted by atomic mass is 16.5. The number of likely N-dealkylation sites (N-methyl/N-ethyl adjacent to an activating group) is 1. The van der Waals surface area contributed by atoms with E-state index in [1.165, 1.54) is 0 Å². The number of fused-ring (bicyclic) bond motifs is 1. The fourth-order valence-corrected chi connectivity index (χ4v) is 5.56. The predicted molar refractivity (Wildman–Crippen MR) is 184 cm³/mol. The Kier molecular flexibility index (Phi) is 13.2. The van der Waals surface area contributed by atoms with Crippen LogP contribution in [-0.4, -0.2) is 84.4 Å². The number of aliphatic hydroxyl groups is 1. The van der Waals surface area contributed by atoms with Crippen LogP contribution in [0.3, 0.4) is 0 Å². The molecule has 3 aromatic rings. The van der Waals surface area contributed by atoms with Crippen molar-refractivity contribution < 1.29 is 29.0 Å². The number of ether oxygens (including phenoxy) is 2. The molecule has 0 fully saturated rings. The molecular formula is C37H48N4O6. The maximum atomic E-state index is 14.3. The molecule has 0 radical (unpaired) electrons. The molecule has 4 amide bonds. The largest absolute Gasteiger partial charge is 0.490 e. The van der Waals surface area contributed by atoms with Gasteiger partial charge < -0.3 is 35.0 Å². The van der Waals surface area contributed by atoms with Gasteiger partial charge in [-0.2, -0.15) is 0 Å². The van der Waals surface area contributed by atoms with Crippen LogP contribution in [0.5, 0.6) is 5.75 Å². The molecule has 10 heteroatoms. The first-order chi connectivity index (χ1) is 22.6. The first kappa shape index (κ1) is 35.4. The van der Waals surface area contributed by atoms with E-state index in [1.54, 1.807) is 54.1 Å². The Bertz CT molecular complexity index is 1450. The highest BCUT2D eigenvalue weighted by Crippen LogP contribution is 2.28. The number of hydrogen-bond acceptors (Lipinski definition) is 6. The smallest absolute Gasteiger partial charge is 0.323 e. The molecule has 10 nitrogen and oxygen atoms in total. The SMILES string of the molecule is C[C@@H]1CCCCO[C@@H](CN(C)C(=O)Cc2ccccc2)[C@H](C)CN([C@@H](C)CO)C(=O)c2cc(NC(=O)Nc3ccccc3)ccc2O1. The van der Waals surface area contributed by atoms with Gasteiger partial charge in [0.15, 0.2) is 0 Å². The summed E-state index contributed by atoms with van der Waals surface area (Å²) in [4.78, 5) is 43.6. The Hall–Kier alpha value is -4.41. The van der Waals surface area contributed by atoms with Gasteiger partial charge in [0.05, 0.1) is 36.8 Å². The van der Waals surface area contributed by atoms with Gasteiger partial charge in [0.1, 0.15) is 5.75 Å². The number of carbonyl (C=O) groups is 3. The molecule has 0 bridgehead atoms. The molecule has 0 aromatic heterocycles. The van der Waals surface area contributed by atoms with Gasteiger partial charge in [-0.05, 0) is 69.0 Å². The number of anilines is 2. The number of carbonyl (C=O) groups excluding carboxylic acids is 3. The summed E-state index contributed by atoms with van der Waals surface area (Å²) in [5.41, 5.74) is 2.29. The third kappa shape index (κ3) is 10.6. The summed E-state index contributed by atoms with van der Waals surface area (Å²) in [5, 5.41) is 15.8. The molecule has 0 saturated heterocycles. The highest BCUT2D eigenvalue weighted by Gasteiger charge is 2.31. The normalized spacial score (nSPS) is 19.8. The summed E-state index contributed by atoms with van der Waals surface area (Å²) in [6.07, 6.45) is 2.21. The predicted octanol–water partition coefficient (Wildman–Crippen LogP) is 5.83. The molecule has 3 N–H and O–H groups in total. The minimum atomic E-state index is -0.515. The van der Waals surface area contributed by atoms with E-state index in [-0.39, 0.29) is 48.7 Å². The number of para-hydroxylation sites is 1. The van der Waals surface area contributed by atoms with Crippen molar-refractivity contribution in [3.63, 3.8) is 0 Å². The summed E-state index contributed by atoms with van der Waals surface area (Å²) in [6.45, 7) is 6.66. The zero-order valence-electron chi connectivity index (χ0n) is 27.9. The number of urea groups is 1. The van der Waals surface area contributed by atoms with Gasteiger partial charge >= 0.3 is 6.03 Å². The molecule has 0 aliphatic carbocycles. The van der Waals surface area contributed by atoms with E-state index in [2.05, 4.69) is 10.6 Å². The number of hydrogen-bond donors (Lipinski definition) is 3. The van der Waals surface area contributed by atoms with Crippen molar-refractivity contribution >= 4 is 29.2 Å². The lowest BCUT2D eigenvalue weighted by Gasteiger charge is -2.36. The summed E-state index contributed by atoms with van der Waals surface area (Å²) >= 11 is 0. The molecular weight excluding hydrogens is 596 g/mol. The zero-order valence-corrected chi connectivity index (χ0v) is 27.9. The average molecular weight is 645 g/mol. The lowest BCUT2D eigenvalue weighted by atomic mass is 10.0. The first-order valence-electron chi connectivity index (χ1n) is 16.4. The Morgan fingerprint density at radius 2 is 1.66 bits per heavy atom. The van der Waals surface area contributed by atoms with Gasteiger partial charge in [-0.15, -0.1) is 0 Å². The number of amides is 4. The van der Waals surface area contributed by atoms with Crippen LogP contribution in [0.15, 0.2) is 78.9 Å². The van der Waals surface area contributed by atoms with E-state index in [9.17, 15) is 19.5 Å². The van der Waals surface area contributed by atoms with E-state index in [1.807, 2.05) is 62.4 Å².